The fourth-order valence-corrected chi connectivity index (χ4v) is 2.32. The first kappa shape index (κ1) is 13.7. The molecule has 1 saturated heterocycles. The van der Waals surface area contributed by atoms with Gasteiger partial charge in [-0.2, -0.15) is 5.10 Å². The SMILES string of the molecule is Cc1nc(-c2ccc(NC(=O)C3CC(O)CN3)cc2)n[nH]1. The van der Waals surface area contributed by atoms with Crippen LogP contribution >= 0.6 is 0 Å². The van der Waals surface area contributed by atoms with Crippen molar-refractivity contribution in [2.75, 3.05) is 11.9 Å². The summed E-state index contributed by atoms with van der Waals surface area (Å²) in [6.07, 6.45) is -0.00230. The number of hydrogen-bond donors (Lipinski definition) is 4. The molecule has 0 aliphatic carbocycles. The van der Waals surface area contributed by atoms with Gasteiger partial charge in [0.2, 0.25) is 5.91 Å². The van der Waals surface area contributed by atoms with Crippen molar-refractivity contribution in [1.82, 2.24) is 20.5 Å². The van der Waals surface area contributed by atoms with Crippen LogP contribution in [0.5, 0.6) is 0 Å². The number of nitrogens with zero attached hydrogens (tertiary/aromatic N) is 2. The van der Waals surface area contributed by atoms with Crippen LogP contribution in [0.3, 0.4) is 0 Å². The van der Waals surface area contributed by atoms with E-state index in [2.05, 4.69) is 25.8 Å². The van der Waals surface area contributed by atoms with Crippen LogP contribution in [0.4, 0.5) is 5.69 Å². The number of aliphatic hydroxyl groups is 1. The largest absolute Gasteiger partial charge is 0.392 e. The molecule has 0 spiro atoms. The van der Waals surface area contributed by atoms with E-state index in [1.165, 1.54) is 0 Å². The number of aryl methyl sites for hydroxylation is 1. The van der Waals surface area contributed by atoms with Crippen LogP contribution in [0.25, 0.3) is 11.4 Å². The van der Waals surface area contributed by atoms with E-state index in [4.69, 9.17) is 0 Å². The summed E-state index contributed by atoms with van der Waals surface area (Å²) < 4.78 is 0. The lowest BCUT2D eigenvalue weighted by Crippen LogP contribution is -2.35. The van der Waals surface area contributed by atoms with Crippen LogP contribution < -0.4 is 10.6 Å². The predicted molar refractivity (Wildman–Crippen MR) is 77.6 cm³/mol. The van der Waals surface area contributed by atoms with Crippen molar-refractivity contribution in [1.29, 1.82) is 0 Å². The molecule has 0 saturated carbocycles. The first-order valence-corrected chi connectivity index (χ1v) is 6.83. The zero-order valence-electron chi connectivity index (χ0n) is 11.6. The molecule has 2 heterocycles. The summed E-state index contributed by atoms with van der Waals surface area (Å²) in [5.74, 6) is 1.26. The molecule has 1 aromatic heterocycles. The zero-order chi connectivity index (χ0) is 14.8. The number of H-pyrrole nitrogens is 1. The average molecular weight is 287 g/mol. The van der Waals surface area contributed by atoms with E-state index in [0.717, 1.165) is 11.4 Å². The second kappa shape index (κ2) is 5.63. The number of aromatic amines is 1. The monoisotopic (exact) mass is 287 g/mol. The molecule has 0 radical (unpaired) electrons. The summed E-state index contributed by atoms with van der Waals surface area (Å²) in [5, 5.41) is 22.1. The molecule has 110 valence electrons. The highest BCUT2D eigenvalue weighted by Gasteiger charge is 2.27. The minimum atomic E-state index is -0.447. The van der Waals surface area contributed by atoms with Crippen LogP contribution in [-0.4, -0.2) is 44.9 Å². The molecule has 21 heavy (non-hydrogen) atoms. The summed E-state index contributed by atoms with van der Waals surface area (Å²) in [4.78, 5) is 16.3. The van der Waals surface area contributed by atoms with Crippen LogP contribution in [-0.2, 0) is 4.79 Å². The van der Waals surface area contributed by atoms with Crippen LogP contribution in [0.1, 0.15) is 12.2 Å². The first-order valence-electron chi connectivity index (χ1n) is 6.83. The zero-order valence-corrected chi connectivity index (χ0v) is 11.6. The molecule has 1 aromatic carbocycles. The molecule has 0 bridgehead atoms. The minimum absolute atomic E-state index is 0.131. The van der Waals surface area contributed by atoms with Crippen LogP contribution in [0.2, 0.25) is 0 Å². The van der Waals surface area contributed by atoms with Crippen molar-refractivity contribution >= 4 is 11.6 Å². The van der Waals surface area contributed by atoms with Gasteiger partial charge in [0, 0.05) is 17.8 Å². The van der Waals surface area contributed by atoms with E-state index >= 15 is 0 Å². The van der Waals surface area contributed by atoms with Gasteiger partial charge in [-0.3, -0.25) is 9.89 Å². The molecule has 7 heteroatoms. The lowest BCUT2D eigenvalue weighted by Gasteiger charge is -2.11. The maximum absolute atomic E-state index is 12.0. The Morgan fingerprint density at radius 3 is 2.71 bits per heavy atom. The average Bonchev–Trinajstić information content (AvgIpc) is 3.08. The quantitative estimate of drug-likeness (QED) is 0.656. The molecular weight excluding hydrogens is 270 g/mol. The predicted octanol–water partition coefficient (Wildman–Crippen LogP) is 0.441. The lowest BCUT2D eigenvalue weighted by molar-refractivity contribution is -0.117. The van der Waals surface area contributed by atoms with Crippen molar-refractivity contribution < 1.29 is 9.90 Å². The van der Waals surface area contributed by atoms with E-state index in [1.807, 2.05) is 31.2 Å². The summed E-state index contributed by atoms with van der Waals surface area (Å²) in [6.45, 7) is 2.30. The van der Waals surface area contributed by atoms with Gasteiger partial charge < -0.3 is 15.7 Å². The molecule has 2 atom stereocenters. The van der Waals surface area contributed by atoms with E-state index in [-0.39, 0.29) is 11.9 Å². The van der Waals surface area contributed by atoms with E-state index in [0.29, 0.717) is 24.5 Å². The molecular formula is C14H17N5O2. The molecule has 1 amide bonds. The second-order valence-electron chi connectivity index (χ2n) is 5.16. The van der Waals surface area contributed by atoms with Crippen molar-refractivity contribution in [2.24, 2.45) is 0 Å². The van der Waals surface area contributed by atoms with Crippen molar-refractivity contribution in [3.05, 3.63) is 30.1 Å². The number of carbonyl (C=O) groups is 1. The Morgan fingerprint density at radius 2 is 2.14 bits per heavy atom. The van der Waals surface area contributed by atoms with Gasteiger partial charge in [0.05, 0.1) is 12.1 Å². The van der Waals surface area contributed by atoms with Crippen LogP contribution in [0, 0.1) is 6.92 Å². The third-order valence-corrected chi connectivity index (χ3v) is 3.43. The fourth-order valence-electron chi connectivity index (χ4n) is 2.32. The number of amides is 1. The maximum Gasteiger partial charge on any atom is 0.241 e. The van der Waals surface area contributed by atoms with Gasteiger partial charge in [-0.1, -0.05) is 0 Å². The summed E-state index contributed by atoms with van der Waals surface area (Å²) >= 11 is 0. The Labute approximate surface area is 121 Å². The summed E-state index contributed by atoms with van der Waals surface area (Å²) in [6, 6.07) is 6.99. The van der Waals surface area contributed by atoms with E-state index < -0.39 is 6.10 Å². The molecule has 2 unspecified atom stereocenters. The van der Waals surface area contributed by atoms with Gasteiger partial charge in [0.25, 0.3) is 0 Å². The molecule has 2 aromatic rings. The number of rotatable bonds is 3. The maximum atomic E-state index is 12.0. The second-order valence-corrected chi connectivity index (χ2v) is 5.16. The number of carbonyl (C=O) groups excluding carboxylic acids is 1. The van der Waals surface area contributed by atoms with Crippen molar-refractivity contribution in [3.8, 4) is 11.4 Å². The van der Waals surface area contributed by atoms with E-state index in [1.54, 1.807) is 0 Å². The standard InChI is InChI=1S/C14H17N5O2/c1-8-16-13(19-18-8)9-2-4-10(5-3-9)17-14(21)12-6-11(20)7-15-12/h2-5,11-12,15,20H,6-7H2,1H3,(H,17,21)(H,16,18,19). The highest BCUT2D eigenvalue weighted by molar-refractivity contribution is 5.95. The van der Waals surface area contributed by atoms with Gasteiger partial charge in [-0.05, 0) is 37.6 Å². The van der Waals surface area contributed by atoms with Gasteiger partial charge in [0.1, 0.15) is 5.82 Å². The number of anilines is 1. The highest BCUT2D eigenvalue weighted by atomic mass is 16.3. The molecule has 1 aliphatic heterocycles. The number of nitrogens with one attached hydrogen (secondary N) is 3. The molecule has 1 fully saturated rings. The number of β-amino-alcohol motifs (C(OH)–C–C–N with tert-alkyl or cyclic N) is 1. The fraction of sp³-hybridized carbons (Fsp3) is 0.357. The smallest absolute Gasteiger partial charge is 0.241 e. The summed E-state index contributed by atoms with van der Waals surface area (Å²) in [5.41, 5.74) is 1.59. The highest BCUT2D eigenvalue weighted by Crippen LogP contribution is 2.18. The topological polar surface area (TPSA) is 103 Å². The van der Waals surface area contributed by atoms with E-state index in [9.17, 15) is 9.90 Å². The summed E-state index contributed by atoms with van der Waals surface area (Å²) in [7, 11) is 0. The van der Waals surface area contributed by atoms with Crippen molar-refractivity contribution in [2.45, 2.75) is 25.5 Å². The minimum Gasteiger partial charge on any atom is -0.392 e. The van der Waals surface area contributed by atoms with Gasteiger partial charge >= 0.3 is 0 Å². The molecule has 3 rings (SSSR count). The number of benzene rings is 1. The Bertz CT molecular complexity index is 637. The number of hydrogen-bond acceptors (Lipinski definition) is 5. The number of aromatic nitrogens is 3. The first-order chi connectivity index (χ1) is 10.1. The van der Waals surface area contributed by atoms with Gasteiger partial charge in [0.15, 0.2) is 5.82 Å². The Balaban J connectivity index is 1.66. The molecule has 1 aliphatic rings. The third-order valence-electron chi connectivity index (χ3n) is 3.43. The Hall–Kier alpha value is -2.25. The third kappa shape index (κ3) is 3.09. The van der Waals surface area contributed by atoms with Gasteiger partial charge in [-0.15, -0.1) is 0 Å². The van der Waals surface area contributed by atoms with Gasteiger partial charge in [-0.25, -0.2) is 4.98 Å². The van der Waals surface area contributed by atoms with Crippen molar-refractivity contribution in [3.63, 3.8) is 0 Å². The van der Waals surface area contributed by atoms with Crippen LogP contribution in [0.15, 0.2) is 24.3 Å². The number of aliphatic hydroxyl groups excluding tert-OH is 1. The molecule has 7 nitrogen and oxygen atoms in total. The Kier molecular flexibility index (Phi) is 3.68. The molecule has 4 N–H and O–H groups in total. The lowest BCUT2D eigenvalue weighted by atomic mass is 10.1. The normalized spacial score (nSPS) is 21.4. The Morgan fingerprint density at radius 1 is 1.38 bits per heavy atom.